The van der Waals surface area contributed by atoms with Crippen LogP contribution in [0.15, 0.2) is 82.5 Å². The number of benzene rings is 2. The van der Waals surface area contributed by atoms with Crippen LogP contribution in [0.3, 0.4) is 0 Å². The van der Waals surface area contributed by atoms with Crippen LogP contribution in [-0.4, -0.2) is 11.7 Å². The maximum absolute atomic E-state index is 5.24. The van der Waals surface area contributed by atoms with E-state index in [9.17, 15) is 0 Å². The lowest BCUT2D eigenvalue weighted by Gasteiger charge is -2.08. The van der Waals surface area contributed by atoms with Crippen molar-refractivity contribution in [3.63, 3.8) is 0 Å². The highest BCUT2D eigenvalue weighted by atomic mass is 32.1. The van der Waals surface area contributed by atoms with Crippen LogP contribution in [0.4, 0.5) is 5.69 Å². The van der Waals surface area contributed by atoms with Gasteiger partial charge in [0.25, 0.3) is 0 Å². The summed E-state index contributed by atoms with van der Waals surface area (Å²) in [6.45, 7) is 0.899. The monoisotopic (exact) mass is 392 g/mol. The normalized spacial score (nSPS) is 11.7. The largest absolute Gasteiger partial charge is 0.497 e. The van der Waals surface area contributed by atoms with Crippen LogP contribution in [0.25, 0.3) is 10.6 Å². The predicted octanol–water partition coefficient (Wildman–Crippen LogP) is 5.76. The summed E-state index contributed by atoms with van der Waals surface area (Å²) in [5.74, 6) is 0.844. The summed E-state index contributed by atoms with van der Waals surface area (Å²) in [4.78, 5) is 7.18. The van der Waals surface area contributed by atoms with E-state index < -0.39 is 0 Å². The standard InChI is InChI=1S/C22H20N2OS2/c1-25-19-11-9-18(10-12-19)23-22-24(14-13-17-6-3-2-4-7-17)20(16-27-22)21-8-5-15-26-21/h2-12,15-16H,13-14H2,1H3. The van der Waals surface area contributed by atoms with Gasteiger partial charge in [-0.1, -0.05) is 36.4 Å². The maximum atomic E-state index is 5.24. The molecule has 0 aliphatic rings. The van der Waals surface area contributed by atoms with Gasteiger partial charge in [-0.15, -0.1) is 22.7 Å². The lowest BCUT2D eigenvalue weighted by Crippen LogP contribution is -2.17. The Kier molecular flexibility index (Phi) is 5.51. The summed E-state index contributed by atoms with van der Waals surface area (Å²) in [6.07, 6.45) is 0.978. The molecule has 0 bridgehead atoms. The Balaban J connectivity index is 1.71. The second kappa shape index (κ2) is 8.37. The van der Waals surface area contributed by atoms with Crippen molar-refractivity contribution in [3.8, 4) is 16.3 Å². The average Bonchev–Trinajstić information content (AvgIpc) is 3.38. The molecule has 4 rings (SSSR count). The lowest BCUT2D eigenvalue weighted by molar-refractivity contribution is 0.415. The summed E-state index contributed by atoms with van der Waals surface area (Å²) in [5.41, 5.74) is 3.51. The van der Waals surface area contributed by atoms with E-state index in [-0.39, 0.29) is 0 Å². The van der Waals surface area contributed by atoms with Gasteiger partial charge in [0.2, 0.25) is 0 Å². The molecular formula is C22H20N2OS2. The number of hydrogen-bond donors (Lipinski definition) is 0. The fourth-order valence-electron chi connectivity index (χ4n) is 2.91. The molecule has 0 spiro atoms. The molecule has 2 heterocycles. The number of hydrogen-bond acceptors (Lipinski definition) is 4. The van der Waals surface area contributed by atoms with E-state index in [2.05, 4.69) is 57.8 Å². The molecule has 136 valence electrons. The van der Waals surface area contributed by atoms with Crippen LogP contribution in [0.5, 0.6) is 5.75 Å². The number of aromatic nitrogens is 1. The van der Waals surface area contributed by atoms with Crippen LogP contribution >= 0.6 is 22.7 Å². The molecule has 0 saturated heterocycles. The van der Waals surface area contributed by atoms with Gasteiger partial charge in [-0.25, -0.2) is 4.99 Å². The van der Waals surface area contributed by atoms with E-state index in [0.29, 0.717) is 0 Å². The molecule has 0 saturated carbocycles. The van der Waals surface area contributed by atoms with Crippen molar-refractivity contribution in [1.29, 1.82) is 0 Å². The zero-order valence-electron chi connectivity index (χ0n) is 15.0. The SMILES string of the molecule is COc1ccc(N=c2scc(-c3cccs3)n2CCc2ccccc2)cc1. The molecule has 5 heteroatoms. The molecule has 0 amide bonds. The molecule has 0 atom stereocenters. The van der Waals surface area contributed by atoms with Crippen LogP contribution < -0.4 is 9.54 Å². The van der Waals surface area contributed by atoms with E-state index in [4.69, 9.17) is 9.73 Å². The van der Waals surface area contributed by atoms with Gasteiger partial charge < -0.3 is 9.30 Å². The van der Waals surface area contributed by atoms with Crippen molar-refractivity contribution >= 4 is 28.4 Å². The second-order valence-electron chi connectivity index (χ2n) is 6.08. The van der Waals surface area contributed by atoms with Crippen molar-refractivity contribution in [2.45, 2.75) is 13.0 Å². The van der Waals surface area contributed by atoms with Crippen LogP contribution in [0, 0.1) is 0 Å². The van der Waals surface area contributed by atoms with Gasteiger partial charge in [-0.05, 0) is 47.7 Å². The summed E-state index contributed by atoms with van der Waals surface area (Å²) in [6, 6.07) is 22.7. The molecule has 0 radical (unpaired) electrons. The topological polar surface area (TPSA) is 26.5 Å². The lowest BCUT2D eigenvalue weighted by atomic mass is 10.1. The Morgan fingerprint density at radius 2 is 1.74 bits per heavy atom. The highest BCUT2D eigenvalue weighted by Crippen LogP contribution is 2.26. The molecule has 2 aromatic heterocycles. The minimum absolute atomic E-state index is 0.844. The van der Waals surface area contributed by atoms with Crippen LogP contribution in [0.1, 0.15) is 5.56 Å². The van der Waals surface area contributed by atoms with Gasteiger partial charge in [0.05, 0.1) is 23.4 Å². The molecule has 0 aliphatic carbocycles. The summed E-state index contributed by atoms with van der Waals surface area (Å²) in [7, 11) is 1.68. The number of methoxy groups -OCH3 is 1. The van der Waals surface area contributed by atoms with Crippen molar-refractivity contribution < 1.29 is 4.74 Å². The van der Waals surface area contributed by atoms with Gasteiger partial charge in [-0.2, -0.15) is 0 Å². The van der Waals surface area contributed by atoms with E-state index >= 15 is 0 Å². The number of nitrogens with zero attached hydrogens (tertiary/aromatic N) is 2. The number of aryl methyl sites for hydroxylation is 1. The van der Waals surface area contributed by atoms with Gasteiger partial charge in [0.15, 0.2) is 4.80 Å². The Hall–Kier alpha value is -2.63. The smallest absolute Gasteiger partial charge is 0.190 e. The molecular weight excluding hydrogens is 372 g/mol. The van der Waals surface area contributed by atoms with Crippen molar-refractivity contribution in [2.75, 3.05) is 7.11 Å². The molecule has 0 N–H and O–H groups in total. The first-order chi connectivity index (χ1) is 13.3. The first kappa shape index (κ1) is 17.8. The van der Waals surface area contributed by atoms with E-state index in [1.165, 1.54) is 16.1 Å². The molecule has 2 aromatic carbocycles. The third-order valence-electron chi connectivity index (χ3n) is 4.34. The van der Waals surface area contributed by atoms with Crippen molar-refractivity contribution in [3.05, 3.63) is 87.9 Å². The van der Waals surface area contributed by atoms with Crippen molar-refractivity contribution in [2.24, 2.45) is 4.99 Å². The zero-order valence-corrected chi connectivity index (χ0v) is 16.7. The van der Waals surface area contributed by atoms with Crippen LogP contribution in [-0.2, 0) is 13.0 Å². The quantitative estimate of drug-likeness (QED) is 0.410. The summed E-state index contributed by atoms with van der Waals surface area (Å²) in [5, 5.41) is 4.33. The third-order valence-corrected chi connectivity index (χ3v) is 6.09. The molecule has 0 fully saturated rings. The minimum Gasteiger partial charge on any atom is -0.497 e. The average molecular weight is 393 g/mol. The Morgan fingerprint density at radius 1 is 0.926 bits per heavy atom. The molecule has 0 unspecified atom stereocenters. The Labute approximate surface area is 166 Å². The number of thiazole rings is 1. The molecule has 4 aromatic rings. The molecule has 0 aliphatic heterocycles. The maximum Gasteiger partial charge on any atom is 0.190 e. The molecule has 27 heavy (non-hydrogen) atoms. The first-order valence-electron chi connectivity index (χ1n) is 8.78. The van der Waals surface area contributed by atoms with E-state index in [1.807, 2.05) is 24.3 Å². The highest BCUT2D eigenvalue weighted by Gasteiger charge is 2.09. The van der Waals surface area contributed by atoms with Gasteiger partial charge in [0.1, 0.15) is 5.75 Å². The van der Waals surface area contributed by atoms with Crippen molar-refractivity contribution in [1.82, 2.24) is 4.57 Å². The highest BCUT2D eigenvalue weighted by molar-refractivity contribution is 7.14. The van der Waals surface area contributed by atoms with Crippen LogP contribution in [0.2, 0.25) is 0 Å². The zero-order chi connectivity index (χ0) is 18.5. The number of thiophene rings is 1. The third kappa shape index (κ3) is 4.21. The fraction of sp³-hybridized carbons (Fsp3) is 0.136. The van der Waals surface area contributed by atoms with Gasteiger partial charge in [0, 0.05) is 11.9 Å². The van der Waals surface area contributed by atoms with Gasteiger partial charge >= 0.3 is 0 Å². The Morgan fingerprint density at radius 3 is 2.44 bits per heavy atom. The first-order valence-corrected chi connectivity index (χ1v) is 10.5. The molecule has 3 nitrogen and oxygen atoms in total. The number of rotatable bonds is 6. The minimum atomic E-state index is 0.844. The van der Waals surface area contributed by atoms with E-state index in [0.717, 1.165) is 29.2 Å². The Bertz CT molecular complexity index is 1050. The predicted molar refractivity (Wildman–Crippen MR) is 114 cm³/mol. The fourth-order valence-corrected chi connectivity index (χ4v) is 4.68. The van der Waals surface area contributed by atoms with E-state index in [1.54, 1.807) is 29.8 Å². The summed E-state index contributed by atoms with van der Waals surface area (Å²) >= 11 is 3.45. The van der Waals surface area contributed by atoms with Gasteiger partial charge in [-0.3, -0.25) is 0 Å². The summed E-state index contributed by atoms with van der Waals surface area (Å²) < 4.78 is 7.57. The second-order valence-corrected chi connectivity index (χ2v) is 7.86. The number of ether oxygens (including phenoxy) is 1.